The predicted octanol–water partition coefficient (Wildman–Crippen LogP) is 2.21. The molecule has 0 aliphatic carbocycles. The molecule has 2 N–H and O–H groups in total. The van der Waals surface area contributed by atoms with Gasteiger partial charge in [0.1, 0.15) is 0 Å². The van der Waals surface area contributed by atoms with Crippen LogP contribution in [0, 0.1) is 5.92 Å². The predicted molar refractivity (Wildman–Crippen MR) is 88.6 cm³/mol. The largest absolute Gasteiger partial charge is 0.454 e. The quantitative estimate of drug-likeness (QED) is 0.900. The Morgan fingerprint density at radius 1 is 1.27 bits per heavy atom. The first-order valence-corrected chi connectivity index (χ1v) is 7.31. The number of halogens is 1. The van der Waals surface area contributed by atoms with Gasteiger partial charge in [0.2, 0.25) is 12.7 Å². The molecule has 1 aromatic carbocycles. The summed E-state index contributed by atoms with van der Waals surface area (Å²) in [5.74, 6) is 1.67. The summed E-state index contributed by atoms with van der Waals surface area (Å²) in [5.41, 5.74) is 7.05. The second-order valence-corrected chi connectivity index (χ2v) is 5.96. The van der Waals surface area contributed by atoms with Crippen LogP contribution < -0.4 is 15.2 Å². The van der Waals surface area contributed by atoms with Crippen molar-refractivity contribution in [2.45, 2.75) is 39.3 Å². The Morgan fingerprint density at radius 2 is 1.91 bits per heavy atom. The van der Waals surface area contributed by atoms with Crippen molar-refractivity contribution in [2.75, 3.05) is 13.8 Å². The maximum absolute atomic E-state index is 12.3. The molecule has 124 valence electrons. The van der Waals surface area contributed by atoms with Gasteiger partial charge >= 0.3 is 0 Å². The van der Waals surface area contributed by atoms with E-state index in [9.17, 15) is 4.79 Å². The first kappa shape index (κ1) is 18.6. The third kappa shape index (κ3) is 4.05. The van der Waals surface area contributed by atoms with Gasteiger partial charge in [-0.15, -0.1) is 12.4 Å². The molecule has 0 radical (unpaired) electrons. The van der Waals surface area contributed by atoms with E-state index < -0.39 is 6.04 Å². The van der Waals surface area contributed by atoms with E-state index in [0.717, 1.165) is 23.5 Å². The number of hydrogen-bond acceptors (Lipinski definition) is 4. The standard InChI is InChI=1S/C16H24N2O3.ClH/c1-10(2)15(17)16(19)18(4)11(3)7-12-5-6-13-14(8-12)21-9-20-13;/h5-6,8,10-11,15H,7,9,17H2,1-4H3;1H/t11?,15-;/m0./s1. The lowest BCUT2D eigenvalue weighted by molar-refractivity contribution is -0.134. The highest BCUT2D eigenvalue weighted by Gasteiger charge is 2.24. The van der Waals surface area contributed by atoms with E-state index in [1.165, 1.54) is 0 Å². The van der Waals surface area contributed by atoms with E-state index in [1.54, 1.807) is 4.90 Å². The van der Waals surface area contributed by atoms with Gasteiger partial charge in [-0.05, 0) is 37.0 Å². The van der Waals surface area contributed by atoms with E-state index in [2.05, 4.69) is 0 Å². The Balaban J connectivity index is 0.00000242. The smallest absolute Gasteiger partial charge is 0.239 e. The summed E-state index contributed by atoms with van der Waals surface area (Å²) in [6.45, 7) is 6.21. The molecule has 0 aromatic heterocycles. The molecule has 2 rings (SSSR count). The molecule has 1 amide bonds. The summed E-state index contributed by atoms with van der Waals surface area (Å²) in [4.78, 5) is 14.0. The molecule has 0 fully saturated rings. The Kier molecular flexibility index (Phi) is 6.50. The summed E-state index contributed by atoms with van der Waals surface area (Å²) in [6, 6.07) is 5.51. The van der Waals surface area contributed by atoms with Gasteiger partial charge in [-0.25, -0.2) is 0 Å². The first-order chi connectivity index (χ1) is 9.90. The highest BCUT2D eigenvalue weighted by molar-refractivity contribution is 5.85. The number of fused-ring (bicyclic) bond motifs is 1. The fourth-order valence-electron chi connectivity index (χ4n) is 2.28. The van der Waals surface area contributed by atoms with Crippen molar-refractivity contribution < 1.29 is 14.3 Å². The topological polar surface area (TPSA) is 64.8 Å². The Morgan fingerprint density at radius 3 is 2.55 bits per heavy atom. The molecule has 2 atom stereocenters. The minimum Gasteiger partial charge on any atom is -0.454 e. The van der Waals surface area contributed by atoms with Gasteiger partial charge in [0.05, 0.1) is 6.04 Å². The highest BCUT2D eigenvalue weighted by atomic mass is 35.5. The Hall–Kier alpha value is -1.46. The summed E-state index contributed by atoms with van der Waals surface area (Å²) in [6.07, 6.45) is 0.754. The zero-order valence-electron chi connectivity index (χ0n) is 13.5. The molecule has 22 heavy (non-hydrogen) atoms. The molecule has 5 nitrogen and oxygen atoms in total. The molecule has 0 spiro atoms. The summed E-state index contributed by atoms with van der Waals surface area (Å²) in [7, 11) is 1.81. The Bertz CT molecular complexity index is 522. The van der Waals surface area contributed by atoms with Gasteiger partial charge < -0.3 is 20.1 Å². The van der Waals surface area contributed by atoms with Gasteiger partial charge in [0.15, 0.2) is 11.5 Å². The van der Waals surface area contributed by atoms with Crippen LogP contribution in [0.5, 0.6) is 11.5 Å². The molecule has 1 aromatic rings. The maximum Gasteiger partial charge on any atom is 0.239 e. The molecule has 0 saturated heterocycles. The van der Waals surface area contributed by atoms with Crippen molar-refractivity contribution in [1.29, 1.82) is 0 Å². The molecule has 1 heterocycles. The molecular formula is C16H25ClN2O3. The lowest BCUT2D eigenvalue weighted by Gasteiger charge is -2.29. The minimum atomic E-state index is -0.450. The van der Waals surface area contributed by atoms with Gasteiger partial charge in [-0.3, -0.25) is 4.79 Å². The normalized spacial score (nSPS) is 15.2. The fourth-order valence-corrected chi connectivity index (χ4v) is 2.28. The summed E-state index contributed by atoms with van der Waals surface area (Å²) >= 11 is 0. The van der Waals surface area contributed by atoms with Crippen LogP contribution in [0.3, 0.4) is 0 Å². The second kappa shape index (κ2) is 7.70. The zero-order chi connectivity index (χ0) is 15.6. The van der Waals surface area contributed by atoms with Crippen LogP contribution in [0.2, 0.25) is 0 Å². The minimum absolute atomic E-state index is 0. The lowest BCUT2D eigenvalue weighted by atomic mass is 10.0. The van der Waals surface area contributed by atoms with E-state index in [-0.39, 0.29) is 37.1 Å². The first-order valence-electron chi connectivity index (χ1n) is 7.31. The number of amides is 1. The molecule has 0 bridgehead atoms. The van der Waals surface area contributed by atoms with E-state index >= 15 is 0 Å². The molecule has 0 saturated carbocycles. The highest BCUT2D eigenvalue weighted by Crippen LogP contribution is 2.32. The van der Waals surface area contributed by atoms with Crippen LogP contribution in [-0.4, -0.2) is 36.7 Å². The van der Waals surface area contributed by atoms with Gasteiger partial charge in [0, 0.05) is 13.1 Å². The van der Waals surface area contributed by atoms with E-state index in [4.69, 9.17) is 15.2 Å². The third-order valence-electron chi connectivity index (χ3n) is 3.98. The second-order valence-electron chi connectivity index (χ2n) is 5.96. The number of nitrogens with two attached hydrogens (primary N) is 1. The monoisotopic (exact) mass is 328 g/mol. The number of carbonyl (C=O) groups excluding carboxylic acids is 1. The van der Waals surface area contributed by atoms with Crippen molar-refractivity contribution in [2.24, 2.45) is 11.7 Å². The van der Waals surface area contributed by atoms with Gasteiger partial charge in [-0.1, -0.05) is 19.9 Å². The molecule has 1 aliphatic rings. The number of carbonyl (C=O) groups is 1. The number of nitrogens with zero attached hydrogens (tertiary/aromatic N) is 1. The van der Waals surface area contributed by atoms with Crippen LogP contribution in [0.25, 0.3) is 0 Å². The Labute approximate surface area is 138 Å². The molecule has 1 aliphatic heterocycles. The molecular weight excluding hydrogens is 304 g/mol. The lowest BCUT2D eigenvalue weighted by Crippen LogP contribution is -2.48. The van der Waals surface area contributed by atoms with Crippen LogP contribution in [0.1, 0.15) is 26.3 Å². The molecule has 1 unspecified atom stereocenters. The average molecular weight is 329 g/mol. The fraction of sp³-hybridized carbons (Fsp3) is 0.562. The van der Waals surface area contributed by atoms with Crippen molar-refractivity contribution in [3.05, 3.63) is 23.8 Å². The van der Waals surface area contributed by atoms with Crippen LogP contribution in [-0.2, 0) is 11.2 Å². The maximum atomic E-state index is 12.3. The van der Waals surface area contributed by atoms with Crippen molar-refractivity contribution in [1.82, 2.24) is 4.90 Å². The van der Waals surface area contributed by atoms with Crippen molar-refractivity contribution in [3.63, 3.8) is 0 Å². The van der Waals surface area contributed by atoms with Crippen molar-refractivity contribution in [3.8, 4) is 11.5 Å². The average Bonchev–Trinajstić information content (AvgIpc) is 2.92. The SMILES string of the molecule is CC(C)[C@H](N)C(=O)N(C)C(C)Cc1ccc2c(c1)OCO2.Cl. The summed E-state index contributed by atoms with van der Waals surface area (Å²) in [5, 5.41) is 0. The van der Waals surface area contributed by atoms with Gasteiger partial charge in [-0.2, -0.15) is 0 Å². The van der Waals surface area contributed by atoms with Gasteiger partial charge in [0.25, 0.3) is 0 Å². The molecule has 6 heteroatoms. The number of rotatable bonds is 5. The van der Waals surface area contributed by atoms with E-state index in [1.807, 2.05) is 46.0 Å². The number of ether oxygens (including phenoxy) is 2. The van der Waals surface area contributed by atoms with Crippen LogP contribution in [0.4, 0.5) is 0 Å². The number of hydrogen-bond donors (Lipinski definition) is 1. The summed E-state index contributed by atoms with van der Waals surface area (Å²) < 4.78 is 10.7. The zero-order valence-corrected chi connectivity index (χ0v) is 14.4. The third-order valence-corrected chi connectivity index (χ3v) is 3.98. The number of benzene rings is 1. The van der Waals surface area contributed by atoms with E-state index in [0.29, 0.717) is 0 Å². The van der Waals surface area contributed by atoms with Crippen LogP contribution >= 0.6 is 12.4 Å². The number of likely N-dealkylation sites (N-methyl/N-ethyl adjacent to an activating group) is 1. The van der Waals surface area contributed by atoms with Crippen LogP contribution in [0.15, 0.2) is 18.2 Å². The van der Waals surface area contributed by atoms with Crippen molar-refractivity contribution >= 4 is 18.3 Å².